The predicted octanol–water partition coefficient (Wildman–Crippen LogP) is 2.95. The quantitative estimate of drug-likeness (QED) is 0.910. The van der Waals surface area contributed by atoms with Gasteiger partial charge in [-0.25, -0.2) is 4.98 Å². The van der Waals surface area contributed by atoms with Gasteiger partial charge in [0.1, 0.15) is 0 Å². The van der Waals surface area contributed by atoms with Crippen molar-refractivity contribution in [2.45, 2.75) is 27.2 Å². The number of amides is 1. The van der Waals surface area contributed by atoms with Gasteiger partial charge in [-0.05, 0) is 31.9 Å². The number of hydrogen-bond acceptors (Lipinski definition) is 4. The number of rotatable bonds is 4. The molecular weight excluding hydrogens is 288 g/mol. The van der Waals surface area contributed by atoms with Crippen LogP contribution in [0.4, 0.5) is 5.13 Å². The molecule has 0 saturated carbocycles. The highest BCUT2D eigenvalue weighted by Gasteiger charge is 2.15. The number of benzene rings is 1. The van der Waals surface area contributed by atoms with Crippen LogP contribution in [0.3, 0.4) is 0 Å². The zero-order valence-corrected chi connectivity index (χ0v) is 12.9. The third kappa shape index (κ3) is 3.66. The summed E-state index contributed by atoms with van der Waals surface area (Å²) in [5.41, 5.74) is 4.01. The van der Waals surface area contributed by atoms with E-state index in [1.165, 1.54) is 11.3 Å². The number of carboxylic acids is 1. The third-order valence-corrected chi connectivity index (χ3v) is 3.82. The van der Waals surface area contributed by atoms with Crippen LogP contribution in [-0.4, -0.2) is 22.0 Å². The number of nitrogens with zero attached hydrogens (tertiary/aromatic N) is 1. The fourth-order valence-corrected chi connectivity index (χ4v) is 3.00. The molecule has 0 saturated heterocycles. The summed E-state index contributed by atoms with van der Waals surface area (Å²) in [5, 5.41) is 13.5. The number of hydrogen-bond donors (Lipinski definition) is 2. The van der Waals surface area contributed by atoms with Crippen molar-refractivity contribution < 1.29 is 14.7 Å². The van der Waals surface area contributed by atoms with Crippen molar-refractivity contribution in [3.05, 3.63) is 45.5 Å². The zero-order valence-electron chi connectivity index (χ0n) is 12.1. The van der Waals surface area contributed by atoms with E-state index in [0.29, 0.717) is 16.4 Å². The summed E-state index contributed by atoms with van der Waals surface area (Å²) in [6, 6.07) is 3.92. The van der Waals surface area contributed by atoms with Gasteiger partial charge in [0.25, 0.3) is 5.91 Å². The molecular formula is C15H16N2O3S. The SMILES string of the molecule is Cc1cc(C)c(C(=O)Nc2nc(CC(=O)O)cs2)c(C)c1. The lowest BCUT2D eigenvalue weighted by Gasteiger charge is -2.10. The van der Waals surface area contributed by atoms with Crippen LogP contribution >= 0.6 is 11.3 Å². The molecule has 2 N–H and O–H groups in total. The van der Waals surface area contributed by atoms with Gasteiger partial charge in [0.2, 0.25) is 0 Å². The largest absolute Gasteiger partial charge is 0.481 e. The highest BCUT2D eigenvalue weighted by Crippen LogP contribution is 2.20. The first-order chi connectivity index (χ1) is 9.86. The van der Waals surface area contributed by atoms with Gasteiger partial charge in [-0.15, -0.1) is 11.3 Å². The first-order valence-corrected chi connectivity index (χ1v) is 7.30. The minimum Gasteiger partial charge on any atom is -0.481 e. The summed E-state index contributed by atoms with van der Waals surface area (Å²) in [7, 11) is 0. The minimum absolute atomic E-state index is 0.144. The van der Waals surface area contributed by atoms with Gasteiger partial charge in [0, 0.05) is 10.9 Å². The van der Waals surface area contributed by atoms with Crippen LogP contribution in [0.5, 0.6) is 0 Å². The minimum atomic E-state index is -0.941. The number of thiazole rings is 1. The number of nitrogens with one attached hydrogen (secondary N) is 1. The molecule has 6 heteroatoms. The van der Waals surface area contributed by atoms with Crippen LogP contribution in [0.1, 0.15) is 32.7 Å². The predicted molar refractivity (Wildman–Crippen MR) is 82.1 cm³/mol. The van der Waals surface area contributed by atoms with Crippen LogP contribution in [0.2, 0.25) is 0 Å². The Bertz CT molecular complexity index is 684. The number of anilines is 1. The lowest BCUT2D eigenvalue weighted by molar-refractivity contribution is -0.136. The van der Waals surface area contributed by atoms with Crippen LogP contribution in [-0.2, 0) is 11.2 Å². The standard InChI is InChI=1S/C15H16N2O3S/c1-8-4-9(2)13(10(3)5-8)14(20)17-15-16-11(7-21-15)6-12(18)19/h4-5,7H,6H2,1-3H3,(H,18,19)(H,16,17,20). The van der Waals surface area contributed by atoms with E-state index in [-0.39, 0.29) is 12.3 Å². The molecule has 0 unspecified atom stereocenters. The molecule has 0 aliphatic rings. The van der Waals surface area contributed by atoms with E-state index in [1.54, 1.807) is 5.38 Å². The Morgan fingerprint density at radius 1 is 1.24 bits per heavy atom. The molecule has 1 aromatic carbocycles. The Balaban J connectivity index is 2.18. The fourth-order valence-electron chi connectivity index (χ4n) is 2.30. The molecule has 110 valence electrons. The third-order valence-electron chi connectivity index (χ3n) is 3.01. The maximum Gasteiger partial charge on any atom is 0.309 e. The van der Waals surface area contributed by atoms with Gasteiger partial charge in [0.15, 0.2) is 5.13 Å². The molecule has 21 heavy (non-hydrogen) atoms. The lowest BCUT2D eigenvalue weighted by Crippen LogP contribution is -2.15. The number of aliphatic carboxylic acids is 1. The van der Waals surface area contributed by atoms with Gasteiger partial charge in [-0.1, -0.05) is 17.7 Å². The van der Waals surface area contributed by atoms with Crippen molar-refractivity contribution in [2.75, 3.05) is 5.32 Å². The second-order valence-corrected chi connectivity index (χ2v) is 5.80. The summed E-state index contributed by atoms with van der Waals surface area (Å²) in [5.74, 6) is -1.16. The van der Waals surface area contributed by atoms with E-state index in [1.807, 2.05) is 32.9 Å². The molecule has 1 amide bonds. The number of carbonyl (C=O) groups is 2. The molecule has 0 bridgehead atoms. The van der Waals surface area contributed by atoms with Gasteiger partial charge < -0.3 is 5.11 Å². The number of carbonyl (C=O) groups excluding carboxylic acids is 1. The molecule has 0 radical (unpaired) electrons. The smallest absolute Gasteiger partial charge is 0.309 e. The maximum absolute atomic E-state index is 12.3. The van der Waals surface area contributed by atoms with Gasteiger partial charge in [-0.2, -0.15) is 0 Å². The molecule has 2 aromatic rings. The van der Waals surface area contributed by atoms with Gasteiger partial charge in [0.05, 0.1) is 12.1 Å². The molecule has 1 heterocycles. The number of carboxylic acid groups (broad SMARTS) is 1. The Kier molecular flexibility index (Phi) is 4.37. The van der Waals surface area contributed by atoms with Crippen molar-refractivity contribution >= 4 is 28.3 Å². The molecule has 0 aliphatic carbocycles. The van der Waals surface area contributed by atoms with E-state index in [0.717, 1.165) is 16.7 Å². The second kappa shape index (κ2) is 6.05. The second-order valence-electron chi connectivity index (χ2n) is 4.94. The fraction of sp³-hybridized carbons (Fsp3) is 0.267. The molecule has 5 nitrogen and oxygen atoms in total. The Morgan fingerprint density at radius 2 is 1.86 bits per heavy atom. The van der Waals surface area contributed by atoms with Crippen molar-refractivity contribution in [3.8, 4) is 0 Å². The van der Waals surface area contributed by atoms with E-state index in [4.69, 9.17) is 5.11 Å². The van der Waals surface area contributed by atoms with Crippen molar-refractivity contribution in [3.63, 3.8) is 0 Å². The molecule has 0 aliphatic heterocycles. The summed E-state index contributed by atoms with van der Waals surface area (Å²) in [6.45, 7) is 5.78. The Labute approximate surface area is 126 Å². The number of aromatic nitrogens is 1. The summed E-state index contributed by atoms with van der Waals surface area (Å²) >= 11 is 1.22. The first-order valence-electron chi connectivity index (χ1n) is 6.42. The first kappa shape index (κ1) is 15.2. The molecule has 0 atom stereocenters. The molecule has 2 rings (SSSR count). The van der Waals surface area contributed by atoms with E-state index >= 15 is 0 Å². The number of aryl methyl sites for hydroxylation is 3. The van der Waals surface area contributed by atoms with E-state index in [9.17, 15) is 9.59 Å². The summed E-state index contributed by atoms with van der Waals surface area (Å²) < 4.78 is 0. The summed E-state index contributed by atoms with van der Waals surface area (Å²) in [4.78, 5) is 27.1. The van der Waals surface area contributed by atoms with Crippen LogP contribution < -0.4 is 5.32 Å². The molecule has 0 spiro atoms. The summed E-state index contributed by atoms with van der Waals surface area (Å²) in [6.07, 6.45) is -0.144. The monoisotopic (exact) mass is 304 g/mol. The topological polar surface area (TPSA) is 79.3 Å². The van der Waals surface area contributed by atoms with Crippen molar-refractivity contribution in [1.82, 2.24) is 4.98 Å². The van der Waals surface area contributed by atoms with Crippen LogP contribution in [0.25, 0.3) is 0 Å². The van der Waals surface area contributed by atoms with Crippen LogP contribution in [0, 0.1) is 20.8 Å². The van der Waals surface area contributed by atoms with E-state index in [2.05, 4.69) is 10.3 Å². The normalized spacial score (nSPS) is 10.4. The van der Waals surface area contributed by atoms with Crippen molar-refractivity contribution in [1.29, 1.82) is 0 Å². The Morgan fingerprint density at radius 3 is 2.43 bits per heavy atom. The lowest BCUT2D eigenvalue weighted by atomic mass is 9.99. The van der Waals surface area contributed by atoms with Gasteiger partial charge in [-0.3, -0.25) is 14.9 Å². The van der Waals surface area contributed by atoms with Crippen LogP contribution in [0.15, 0.2) is 17.5 Å². The average molecular weight is 304 g/mol. The highest BCUT2D eigenvalue weighted by atomic mass is 32.1. The van der Waals surface area contributed by atoms with Crippen molar-refractivity contribution in [2.24, 2.45) is 0 Å². The average Bonchev–Trinajstić information content (AvgIpc) is 2.73. The molecule has 1 aromatic heterocycles. The Hall–Kier alpha value is -2.21. The highest BCUT2D eigenvalue weighted by molar-refractivity contribution is 7.14. The molecule has 0 fully saturated rings. The van der Waals surface area contributed by atoms with E-state index < -0.39 is 5.97 Å². The maximum atomic E-state index is 12.3. The van der Waals surface area contributed by atoms with Gasteiger partial charge >= 0.3 is 5.97 Å². The zero-order chi connectivity index (χ0) is 15.6.